The maximum atomic E-state index is 11.1. The molecule has 0 spiro atoms. The van der Waals surface area contributed by atoms with Gasteiger partial charge in [-0.25, -0.2) is 0 Å². The second-order valence-electron chi connectivity index (χ2n) is 3.30. The van der Waals surface area contributed by atoms with Crippen molar-refractivity contribution < 1.29 is 22.6 Å². The van der Waals surface area contributed by atoms with Crippen molar-refractivity contribution >= 4 is 21.7 Å². The van der Waals surface area contributed by atoms with E-state index < -0.39 is 20.8 Å². The van der Waals surface area contributed by atoms with Crippen LogP contribution in [-0.2, 0) is 10.1 Å². The summed E-state index contributed by atoms with van der Waals surface area (Å²) in [5, 5.41) is 0. The van der Waals surface area contributed by atoms with Gasteiger partial charge in [-0.15, -0.1) is 0 Å². The van der Waals surface area contributed by atoms with Gasteiger partial charge in [0.2, 0.25) is 0 Å². The summed E-state index contributed by atoms with van der Waals surface area (Å²) in [4.78, 5) is 21.6. The zero-order chi connectivity index (χ0) is 12.5. The van der Waals surface area contributed by atoms with Crippen LogP contribution in [0, 0.1) is 0 Å². The van der Waals surface area contributed by atoms with Crippen LogP contribution in [0.5, 0.6) is 0 Å². The van der Waals surface area contributed by atoms with Crippen LogP contribution in [0.25, 0.3) is 0 Å². The van der Waals surface area contributed by atoms with Gasteiger partial charge in [0.05, 0.1) is 0 Å². The Labute approximate surface area is 92.8 Å². The summed E-state index contributed by atoms with van der Waals surface area (Å²) in [6.07, 6.45) is 0. The van der Waals surface area contributed by atoms with Gasteiger partial charge in [-0.3, -0.25) is 14.1 Å². The Kier molecular flexibility index (Phi) is 3.25. The molecular formula is C10H10O5S. The highest BCUT2D eigenvalue weighted by Gasteiger charge is 2.19. The summed E-state index contributed by atoms with van der Waals surface area (Å²) in [5.41, 5.74) is -0.00914. The summed E-state index contributed by atoms with van der Waals surface area (Å²) in [7, 11) is -4.51. The SMILES string of the molecule is CC(=O)c1ccc(C(C)=O)c(S(=O)(=O)O)c1. The van der Waals surface area contributed by atoms with E-state index in [1.807, 2.05) is 0 Å². The van der Waals surface area contributed by atoms with Crippen LogP contribution in [0.3, 0.4) is 0 Å². The van der Waals surface area contributed by atoms with Gasteiger partial charge in [0.1, 0.15) is 4.90 Å². The molecule has 1 rings (SSSR count). The van der Waals surface area contributed by atoms with Crippen LogP contribution in [0.15, 0.2) is 23.1 Å². The molecule has 6 heteroatoms. The minimum atomic E-state index is -4.51. The molecule has 86 valence electrons. The van der Waals surface area contributed by atoms with Crippen LogP contribution in [0.4, 0.5) is 0 Å². The average Bonchev–Trinajstić information content (AvgIpc) is 2.15. The largest absolute Gasteiger partial charge is 0.295 e. The fourth-order valence-electron chi connectivity index (χ4n) is 1.25. The van der Waals surface area contributed by atoms with E-state index in [0.29, 0.717) is 0 Å². The van der Waals surface area contributed by atoms with Crippen LogP contribution < -0.4 is 0 Å². The highest BCUT2D eigenvalue weighted by Crippen LogP contribution is 2.18. The normalized spacial score (nSPS) is 11.2. The molecule has 1 aromatic carbocycles. The van der Waals surface area contributed by atoms with E-state index in [-0.39, 0.29) is 16.9 Å². The highest BCUT2D eigenvalue weighted by molar-refractivity contribution is 7.86. The van der Waals surface area contributed by atoms with Crippen molar-refractivity contribution in [1.29, 1.82) is 0 Å². The molecule has 5 nitrogen and oxygen atoms in total. The fraction of sp³-hybridized carbons (Fsp3) is 0.200. The van der Waals surface area contributed by atoms with Crippen LogP contribution in [0.2, 0.25) is 0 Å². The van der Waals surface area contributed by atoms with Crippen LogP contribution in [-0.4, -0.2) is 24.5 Å². The molecular weight excluding hydrogens is 232 g/mol. The van der Waals surface area contributed by atoms with Crippen molar-refractivity contribution in [1.82, 2.24) is 0 Å². The molecule has 0 unspecified atom stereocenters. The Morgan fingerprint density at radius 2 is 1.69 bits per heavy atom. The Balaban J connectivity index is 3.58. The third-order valence-corrected chi connectivity index (χ3v) is 2.94. The zero-order valence-electron chi connectivity index (χ0n) is 8.72. The third kappa shape index (κ3) is 2.53. The minimum absolute atomic E-state index is 0.123. The number of rotatable bonds is 3. The summed E-state index contributed by atoms with van der Waals surface area (Å²) in [6, 6.07) is 3.55. The lowest BCUT2D eigenvalue weighted by atomic mass is 10.1. The lowest BCUT2D eigenvalue weighted by Crippen LogP contribution is -2.08. The van der Waals surface area contributed by atoms with Gasteiger partial charge in [0.25, 0.3) is 10.1 Å². The van der Waals surface area contributed by atoms with Gasteiger partial charge in [-0.2, -0.15) is 8.42 Å². The Bertz CT molecular complexity index is 557. The van der Waals surface area contributed by atoms with Gasteiger partial charge in [-0.1, -0.05) is 6.07 Å². The molecule has 0 radical (unpaired) electrons. The van der Waals surface area contributed by atoms with Gasteiger partial charge in [0, 0.05) is 11.1 Å². The molecule has 16 heavy (non-hydrogen) atoms. The number of carbonyl (C=O) groups is 2. The van der Waals surface area contributed by atoms with E-state index >= 15 is 0 Å². The minimum Gasteiger partial charge on any atom is -0.295 e. The lowest BCUT2D eigenvalue weighted by molar-refractivity contribution is 0.0998. The molecule has 0 aliphatic carbocycles. The fourth-order valence-corrected chi connectivity index (χ4v) is 2.01. The van der Waals surface area contributed by atoms with E-state index in [1.54, 1.807) is 0 Å². The quantitative estimate of drug-likeness (QED) is 0.638. The van der Waals surface area contributed by atoms with E-state index in [9.17, 15) is 18.0 Å². The number of benzene rings is 1. The molecule has 0 saturated carbocycles. The summed E-state index contributed by atoms with van der Waals surface area (Å²) in [5.74, 6) is -0.845. The van der Waals surface area contributed by atoms with Crippen molar-refractivity contribution in [3.05, 3.63) is 29.3 Å². The standard InChI is InChI=1S/C10H10O5S/c1-6(11)8-3-4-9(7(2)12)10(5-8)16(13,14)15/h3-5H,1-2H3,(H,13,14,15). The molecule has 0 bridgehead atoms. The van der Waals surface area contributed by atoms with E-state index in [2.05, 4.69) is 0 Å². The first kappa shape index (κ1) is 12.5. The maximum absolute atomic E-state index is 11.1. The molecule has 0 fully saturated rings. The van der Waals surface area contributed by atoms with Crippen LogP contribution in [0.1, 0.15) is 34.6 Å². The van der Waals surface area contributed by atoms with Crippen molar-refractivity contribution in [2.24, 2.45) is 0 Å². The molecule has 0 aliphatic rings. The molecule has 0 aromatic heterocycles. The predicted octanol–water partition coefficient (Wildman–Crippen LogP) is 1.34. The Hall–Kier alpha value is -1.53. The van der Waals surface area contributed by atoms with Gasteiger partial charge >= 0.3 is 0 Å². The average molecular weight is 242 g/mol. The third-order valence-electron chi connectivity index (χ3n) is 2.05. The lowest BCUT2D eigenvalue weighted by Gasteiger charge is -2.05. The first-order valence-electron chi connectivity index (χ1n) is 4.37. The second-order valence-corrected chi connectivity index (χ2v) is 4.69. The topological polar surface area (TPSA) is 88.5 Å². The number of hydrogen-bond donors (Lipinski definition) is 1. The first-order valence-corrected chi connectivity index (χ1v) is 5.81. The van der Waals surface area contributed by atoms with Crippen molar-refractivity contribution in [3.8, 4) is 0 Å². The summed E-state index contributed by atoms with van der Waals surface area (Å²) < 4.78 is 31.0. The number of hydrogen-bond acceptors (Lipinski definition) is 4. The summed E-state index contributed by atoms with van der Waals surface area (Å²) >= 11 is 0. The molecule has 0 heterocycles. The van der Waals surface area contributed by atoms with Crippen molar-refractivity contribution in [2.45, 2.75) is 18.7 Å². The van der Waals surface area contributed by atoms with E-state index in [4.69, 9.17) is 4.55 Å². The molecule has 1 N–H and O–H groups in total. The second kappa shape index (κ2) is 4.15. The maximum Gasteiger partial charge on any atom is 0.295 e. The number of ketones is 2. The molecule has 0 saturated heterocycles. The van der Waals surface area contributed by atoms with Crippen molar-refractivity contribution in [2.75, 3.05) is 0 Å². The predicted molar refractivity (Wildman–Crippen MR) is 56.3 cm³/mol. The molecule has 1 aromatic rings. The Morgan fingerprint density at radius 3 is 2.06 bits per heavy atom. The Morgan fingerprint density at radius 1 is 1.12 bits per heavy atom. The monoisotopic (exact) mass is 242 g/mol. The molecule has 0 aliphatic heterocycles. The number of carbonyl (C=O) groups excluding carboxylic acids is 2. The van der Waals surface area contributed by atoms with Gasteiger partial charge in [-0.05, 0) is 26.0 Å². The summed E-state index contributed by atoms with van der Waals surface area (Å²) in [6.45, 7) is 2.44. The smallest absolute Gasteiger partial charge is 0.295 e. The van der Waals surface area contributed by atoms with Crippen molar-refractivity contribution in [3.63, 3.8) is 0 Å². The van der Waals surface area contributed by atoms with E-state index in [1.165, 1.54) is 26.0 Å². The van der Waals surface area contributed by atoms with Gasteiger partial charge < -0.3 is 0 Å². The highest BCUT2D eigenvalue weighted by atomic mass is 32.2. The molecule has 0 amide bonds. The molecule has 0 atom stereocenters. The van der Waals surface area contributed by atoms with E-state index in [0.717, 1.165) is 6.07 Å². The number of Topliss-reactive ketones (excluding diaryl/α,β-unsaturated/α-hetero) is 2. The van der Waals surface area contributed by atoms with Gasteiger partial charge in [0.15, 0.2) is 11.6 Å². The van der Waals surface area contributed by atoms with Crippen LogP contribution >= 0.6 is 0 Å². The first-order chi connectivity index (χ1) is 7.23. The zero-order valence-corrected chi connectivity index (χ0v) is 9.54.